The lowest BCUT2D eigenvalue weighted by Crippen LogP contribution is -2.45. The fraction of sp³-hybridized carbons (Fsp3) is 0.368. The summed E-state index contributed by atoms with van der Waals surface area (Å²) in [6, 6.07) is 7.34. The van der Waals surface area contributed by atoms with Gasteiger partial charge in [-0.05, 0) is 23.1 Å². The Morgan fingerprint density at radius 2 is 1.79 bits per heavy atom. The molecule has 0 spiro atoms. The predicted molar refractivity (Wildman–Crippen MR) is 102 cm³/mol. The maximum Gasteiger partial charge on any atom is 0.416 e. The number of hydrogen-bond acceptors (Lipinski definition) is 5. The number of piperazine rings is 1. The van der Waals surface area contributed by atoms with Crippen LogP contribution in [-0.4, -0.2) is 45.9 Å². The van der Waals surface area contributed by atoms with E-state index in [1.54, 1.807) is 6.07 Å². The number of H-pyrrole nitrogens is 1. The molecule has 1 saturated heterocycles. The Labute approximate surface area is 163 Å². The molecule has 0 radical (unpaired) electrons. The van der Waals surface area contributed by atoms with Crippen molar-refractivity contribution < 1.29 is 13.2 Å². The molecule has 1 aromatic carbocycles. The number of rotatable bonds is 4. The first-order valence-electron chi connectivity index (χ1n) is 8.96. The molecule has 2 aromatic heterocycles. The number of aromatic amines is 1. The fourth-order valence-corrected chi connectivity index (χ4v) is 4.14. The van der Waals surface area contributed by atoms with Gasteiger partial charge >= 0.3 is 6.18 Å². The highest BCUT2D eigenvalue weighted by molar-refractivity contribution is 7.17. The average Bonchev–Trinajstić information content (AvgIpc) is 3.12. The van der Waals surface area contributed by atoms with Gasteiger partial charge < -0.3 is 4.98 Å². The first-order valence-corrected chi connectivity index (χ1v) is 9.84. The van der Waals surface area contributed by atoms with E-state index in [0.29, 0.717) is 34.7 Å². The first-order chi connectivity index (χ1) is 13.4. The van der Waals surface area contributed by atoms with Crippen LogP contribution in [0.25, 0.3) is 10.2 Å². The summed E-state index contributed by atoms with van der Waals surface area (Å²) < 4.78 is 39.2. The average molecular weight is 408 g/mol. The lowest BCUT2D eigenvalue weighted by molar-refractivity contribution is -0.137. The second kappa shape index (κ2) is 7.65. The third-order valence-corrected chi connectivity index (χ3v) is 5.77. The fourth-order valence-electron chi connectivity index (χ4n) is 3.42. The van der Waals surface area contributed by atoms with Gasteiger partial charge in [-0.3, -0.25) is 14.6 Å². The van der Waals surface area contributed by atoms with Crippen molar-refractivity contribution >= 4 is 21.6 Å². The molecule has 0 atom stereocenters. The summed E-state index contributed by atoms with van der Waals surface area (Å²) in [4.78, 5) is 23.7. The molecule has 0 unspecified atom stereocenters. The van der Waals surface area contributed by atoms with Gasteiger partial charge in [0.1, 0.15) is 10.5 Å². The third-order valence-electron chi connectivity index (χ3n) is 4.86. The molecule has 3 aromatic rings. The number of halogens is 3. The maximum absolute atomic E-state index is 12.9. The van der Waals surface area contributed by atoms with Crippen LogP contribution in [-0.2, 0) is 19.3 Å². The Hall–Kier alpha value is -2.23. The summed E-state index contributed by atoms with van der Waals surface area (Å²) in [5.74, 6) is 0.641. The third kappa shape index (κ3) is 4.26. The molecule has 1 fully saturated rings. The second-order valence-electron chi connectivity index (χ2n) is 6.90. The van der Waals surface area contributed by atoms with Crippen LogP contribution in [0.15, 0.2) is 40.5 Å². The normalized spacial score (nSPS) is 16.7. The van der Waals surface area contributed by atoms with E-state index in [2.05, 4.69) is 19.8 Å². The first kappa shape index (κ1) is 19.1. The zero-order valence-electron chi connectivity index (χ0n) is 15.0. The summed E-state index contributed by atoms with van der Waals surface area (Å²) in [5.41, 5.74) is 0.657. The van der Waals surface area contributed by atoms with Crippen molar-refractivity contribution in [2.45, 2.75) is 19.3 Å². The highest BCUT2D eigenvalue weighted by Crippen LogP contribution is 2.29. The Morgan fingerprint density at radius 3 is 2.50 bits per heavy atom. The van der Waals surface area contributed by atoms with Crippen molar-refractivity contribution in [3.63, 3.8) is 0 Å². The molecule has 9 heteroatoms. The van der Waals surface area contributed by atoms with Crippen LogP contribution < -0.4 is 5.56 Å². The van der Waals surface area contributed by atoms with Crippen LogP contribution in [0, 0.1) is 0 Å². The van der Waals surface area contributed by atoms with E-state index in [1.165, 1.54) is 23.5 Å². The summed E-state index contributed by atoms with van der Waals surface area (Å²) in [5, 5.41) is 1.85. The summed E-state index contributed by atoms with van der Waals surface area (Å²) in [7, 11) is 0. The summed E-state index contributed by atoms with van der Waals surface area (Å²) >= 11 is 1.38. The van der Waals surface area contributed by atoms with E-state index in [9.17, 15) is 18.0 Å². The Morgan fingerprint density at radius 1 is 1.07 bits per heavy atom. The number of alkyl halides is 3. The highest BCUT2D eigenvalue weighted by Gasteiger charge is 2.30. The van der Waals surface area contributed by atoms with Crippen LogP contribution in [0.5, 0.6) is 0 Å². The van der Waals surface area contributed by atoms with Crippen molar-refractivity contribution in [3.8, 4) is 0 Å². The molecule has 0 saturated carbocycles. The Balaban J connectivity index is 1.35. The van der Waals surface area contributed by atoms with E-state index in [0.717, 1.165) is 32.2 Å². The van der Waals surface area contributed by atoms with Gasteiger partial charge in [-0.1, -0.05) is 18.2 Å². The minimum absolute atomic E-state index is 0.113. The molecule has 0 bridgehead atoms. The predicted octanol–water partition coefficient (Wildman–Crippen LogP) is 3.32. The van der Waals surface area contributed by atoms with Crippen molar-refractivity contribution in [1.82, 2.24) is 19.8 Å². The molecule has 0 aliphatic carbocycles. The molecule has 1 N–H and O–H groups in total. The topological polar surface area (TPSA) is 52.2 Å². The van der Waals surface area contributed by atoms with Crippen molar-refractivity contribution in [3.05, 3.63) is 63.0 Å². The number of thiophene rings is 1. The molecular weight excluding hydrogens is 389 g/mol. The lowest BCUT2D eigenvalue weighted by atomic mass is 10.1. The number of hydrogen-bond donors (Lipinski definition) is 1. The number of nitrogens with zero attached hydrogens (tertiary/aromatic N) is 3. The minimum Gasteiger partial charge on any atom is -0.308 e. The highest BCUT2D eigenvalue weighted by atomic mass is 32.1. The van der Waals surface area contributed by atoms with E-state index in [4.69, 9.17) is 0 Å². The quantitative estimate of drug-likeness (QED) is 0.720. The van der Waals surface area contributed by atoms with Crippen molar-refractivity contribution in [1.29, 1.82) is 0 Å². The number of benzene rings is 1. The van der Waals surface area contributed by atoms with Crippen LogP contribution in [0.1, 0.15) is 17.0 Å². The largest absolute Gasteiger partial charge is 0.416 e. The smallest absolute Gasteiger partial charge is 0.308 e. The van der Waals surface area contributed by atoms with E-state index in [1.807, 2.05) is 11.4 Å². The monoisotopic (exact) mass is 408 g/mol. The number of fused-ring (bicyclic) bond motifs is 1. The number of aromatic nitrogens is 2. The second-order valence-corrected chi connectivity index (χ2v) is 7.81. The van der Waals surface area contributed by atoms with Crippen LogP contribution in [0.4, 0.5) is 13.2 Å². The van der Waals surface area contributed by atoms with E-state index < -0.39 is 11.7 Å². The Kier molecular flexibility index (Phi) is 5.22. The molecule has 4 rings (SSSR count). The van der Waals surface area contributed by atoms with Gasteiger partial charge in [0.05, 0.1) is 17.6 Å². The van der Waals surface area contributed by atoms with Gasteiger partial charge in [-0.2, -0.15) is 13.2 Å². The Bertz CT molecular complexity index is 1020. The molecule has 1 aliphatic rings. The molecule has 1 aliphatic heterocycles. The molecule has 5 nitrogen and oxygen atoms in total. The van der Waals surface area contributed by atoms with E-state index in [-0.39, 0.29) is 5.56 Å². The van der Waals surface area contributed by atoms with Crippen LogP contribution in [0.3, 0.4) is 0 Å². The summed E-state index contributed by atoms with van der Waals surface area (Å²) in [6.07, 6.45) is -4.32. The van der Waals surface area contributed by atoms with E-state index >= 15 is 0 Å². The zero-order chi connectivity index (χ0) is 19.7. The minimum atomic E-state index is -4.32. The van der Waals surface area contributed by atoms with Crippen molar-refractivity contribution in [2.75, 3.05) is 26.2 Å². The molecule has 0 amide bonds. The van der Waals surface area contributed by atoms with Gasteiger partial charge in [-0.15, -0.1) is 11.3 Å². The zero-order valence-corrected chi connectivity index (χ0v) is 15.8. The molecule has 3 heterocycles. The lowest BCUT2D eigenvalue weighted by Gasteiger charge is -2.34. The SMILES string of the molecule is O=c1[nH]c(CN2CCN(Cc3cccc(C(F)(F)F)c3)CC2)nc2ccsc12. The summed E-state index contributed by atoms with van der Waals surface area (Å²) in [6.45, 7) is 4.09. The molecular formula is C19H19F3N4OS. The maximum atomic E-state index is 12.9. The van der Waals surface area contributed by atoms with Gasteiger partial charge in [0.15, 0.2) is 0 Å². The molecule has 148 valence electrons. The van der Waals surface area contributed by atoms with Gasteiger partial charge in [0, 0.05) is 32.7 Å². The van der Waals surface area contributed by atoms with Crippen molar-refractivity contribution in [2.24, 2.45) is 0 Å². The van der Waals surface area contributed by atoms with Gasteiger partial charge in [0.2, 0.25) is 0 Å². The van der Waals surface area contributed by atoms with Gasteiger partial charge in [-0.25, -0.2) is 4.98 Å². The standard InChI is InChI=1S/C19H19F3N4OS/c20-19(21,22)14-3-1-2-13(10-14)11-25-5-7-26(8-6-25)12-16-23-15-4-9-28-17(15)18(27)24-16/h1-4,9-10H,5-8,11-12H2,(H,23,24,27). The van der Waals surface area contributed by atoms with Gasteiger partial charge in [0.25, 0.3) is 5.56 Å². The number of nitrogens with one attached hydrogen (secondary N) is 1. The van der Waals surface area contributed by atoms with Crippen LogP contribution >= 0.6 is 11.3 Å². The van der Waals surface area contributed by atoms with Crippen LogP contribution in [0.2, 0.25) is 0 Å². The molecule has 28 heavy (non-hydrogen) atoms.